The molecule has 0 spiro atoms. The number of unbranched alkanes of at least 4 members (excludes halogenated alkanes) is 2. The van der Waals surface area contributed by atoms with Crippen LogP contribution in [0.15, 0.2) is 30.3 Å². The van der Waals surface area contributed by atoms with Crippen LogP contribution in [-0.2, 0) is 6.42 Å². The maximum atomic E-state index is 2.24. The van der Waals surface area contributed by atoms with E-state index in [2.05, 4.69) is 37.3 Å². The van der Waals surface area contributed by atoms with Crippen LogP contribution in [0, 0.1) is 0 Å². The van der Waals surface area contributed by atoms with E-state index in [4.69, 9.17) is 0 Å². The Labute approximate surface area is 90.4 Å². The lowest BCUT2D eigenvalue weighted by Gasteiger charge is -1.98. The monoisotopic (exact) mass is 194 g/mol. The fraction of sp³-hybridized carbons (Fsp3) is 0.571. The number of rotatable bonds is 4. The standard InChI is InChI=1S/C11H16.C2H6.CH4/c1-2-3-5-8-11-9-6-4-7-10-11;1-2;/h4,6-7,9-10H,2-3,5,8H2,1H3;1-2H3;1H4. The largest absolute Gasteiger partial charge is 0.0776 e. The van der Waals surface area contributed by atoms with Crippen molar-refractivity contribution in [2.75, 3.05) is 0 Å². The summed E-state index contributed by atoms with van der Waals surface area (Å²) in [6.07, 6.45) is 5.25. The molecule has 14 heavy (non-hydrogen) atoms. The van der Waals surface area contributed by atoms with E-state index in [1.807, 2.05) is 13.8 Å². The summed E-state index contributed by atoms with van der Waals surface area (Å²) in [5.41, 5.74) is 1.47. The van der Waals surface area contributed by atoms with Gasteiger partial charge in [-0.25, -0.2) is 0 Å². The van der Waals surface area contributed by atoms with Gasteiger partial charge in [-0.1, -0.05) is 71.4 Å². The third-order valence-electron chi connectivity index (χ3n) is 1.91. The van der Waals surface area contributed by atoms with Crippen LogP contribution in [0.2, 0.25) is 0 Å². The van der Waals surface area contributed by atoms with Gasteiger partial charge in [-0.2, -0.15) is 0 Å². The first kappa shape index (κ1) is 15.7. The predicted molar refractivity (Wildman–Crippen MR) is 67.8 cm³/mol. The molecule has 0 N–H and O–H groups in total. The van der Waals surface area contributed by atoms with Gasteiger partial charge in [0.15, 0.2) is 0 Å². The normalized spacial score (nSPS) is 8.21. The van der Waals surface area contributed by atoms with Crippen molar-refractivity contribution in [3.63, 3.8) is 0 Å². The number of aryl methyl sites for hydroxylation is 1. The fourth-order valence-electron chi connectivity index (χ4n) is 1.22. The van der Waals surface area contributed by atoms with E-state index in [0.29, 0.717) is 0 Å². The summed E-state index contributed by atoms with van der Waals surface area (Å²) in [4.78, 5) is 0. The van der Waals surface area contributed by atoms with E-state index in [1.165, 1.54) is 31.2 Å². The molecule has 1 aromatic carbocycles. The summed E-state index contributed by atoms with van der Waals surface area (Å²) in [5.74, 6) is 0. The van der Waals surface area contributed by atoms with Crippen LogP contribution in [0.1, 0.15) is 53.0 Å². The number of hydrogen-bond acceptors (Lipinski definition) is 0. The van der Waals surface area contributed by atoms with Crippen molar-refractivity contribution >= 4 is 0 Å². The van der Waals surface area contributed by atoms with Gasteiger partial charge >= 0.3 is 0 Å². The molecule has 0 nitrogen and oxygen atoms in total. The lowest BCUT2D eigenvalue weighted by atomic mass is 10.1. The van der Waals surface area contributed by atoms with Gasteiger partial charge in [0, 0.05) is 0 Å². The summed E-state index contributed by atoms with van der Waals surface area (Å²) in [6, 6.07) is 10.7. The highest BCUT2D eigenvalue weighted by Gasteiger charge is 1.89. The molecule has 82 valence electrons. The fourth-order valence-corrected chi connectivity index (χ4v) is 1.22. The molecule has 0 atom stereocenters. The second-order valence-electron chi connectivity index (χ2n) is 2.94. The molecule has 0 aromatic heterocycles. The minimum absolute atomic E-state index is 0. The first-order valence-electron chi connectivity index (χ1n) is 5.47. The molecule has 0 aliphatic carbocycles. The van der Waals surface area contributed by atoms with Crippen LogP contribution >= 0.6 is 0 Å². The van der Waals surface area contributed by atoms with Crippen LogP contribution in [-0.4, -0.2) is 0 Å². The molecular formula is C14H26. The number of hydrogen-bond donors (Lipinski definition) is 0. The van der Waals surface area contributed by atoms with Crippen LogP contribution in [0.5, 0.6) is 0 Å². The summed E-state index contributed by atoms with van der Waals surface area (Å²) in [6.45, 7) is 6.24. The minimum Gasteiger partial charge on any atom is -0.0776 e. The molecule has 0 aliphatic heterocycles. The van der Waals surface area contributed by atoms with Crippen molar-refractivity contribution in [3.8, 4) is 0 Å². The zero-order valence-electron chi connectivity index (χ0n) is 9.22. The first-order chi connectivity index (χ1) is 6.43. The summed E-state index contributed by atoms with van der Waals surface area (Å²) in [7, 11) is 0. The van der Waals surface area contributed by atoms with Crippen LogP contribution in [0.4, 0.5) is 0 Å². The Kier molecular flexibility index (Phi) is 13.7. The molecule has 0 amide bonds. The van der Waals surface area contributed by atoms with E-state index >= 15 is 0 Å². The molecule has 0 bridgehead atoms. The van der Waals surface area contributed by atoms with Crippen molar-refractivity contribution in [2.45, 2.75) is 53.9 Å². The highest BCUT2D eigenvalue weighted by Crippen LogP contribution is 2.05. The maximum absolute atomic E-state index is 2.24. The van der Waals surface area contributed by atoms with Crippen LogP contribution in [0.3, 0.4) is 0 Å². The van der Waals surface area contributed by atoms with Crippen molar-refractivity contribution < 1.29 is 0 Å². The second-order valence-corrected chi connectivity index (χ2v) is 2.94. The van der Waals surface area contributed by atoms with E-state index in [-0.39, 0.29) is 7.43 Å². The van der Waals surface area contributed by atoms with Crippen molar-refractivity contribution in [2.24, 2.45) is 0 Å². The Morgan fingerprint density at radius 1 is 0.929 bits per heavy atom. The molecule has 1 aromatic rings. The molecular weight excluding hydrogens is 168 g/mol. The Hall–Kier alpha value is -0.780. The van der Waals surface area contributed by atoms with E-state index in [9.17, 15) is 0 Å². The smallest absolute Gasteiger partial charge is 0.0279 e. The van der Waals surface area contributed by atoms with Gasteiger partial charge in [0.25, 0.3) is 0 Å². The zero-order chi connectivity index (χ0) is 9.94. The summed E-state index contributed by atoms with van der Waals surface area (Å²) in [5, 5.41) is 0. The predicted octanol–water partition coefficient (Wildman–Crippen LogP) is 5.08. The SMILES string of the molecule is C.CC.CCCCCc1ccccc1. The van der Waals surface area contributed by atoms with E-state index < -0.39 is 0 Å². The highest BCUT2D eigenvalue weighted by atomic mass is 13.9. The molecule has 1 rings (SSSR count). The first-order valence-corrected chi connectivity index (χ1v) is 5.47. The molecule has 0 saturated heterocycles. The average Bonchev–Trinajstić information content (AvgIpc) is 2.23. The van der Waals surface area contributed by atoms with Gasteiger partial charge in [0.05, 0.1) is 0 Å². The summed E-state index contributed by atoms with van der Waals surface area (Å²) >= 11 is 0. The lowest BCUT2D eigenvalue weighted by molar-refractivity contribution is 0.717. The Balaban J connectivity index is 0. The molecule has 0 fully saturated rings. The van der Waals surface area contributed by atoms with Gasteiger partial charge < -0.3 is 0 Å². The minimum atomic E-state index is 0. The van der Waals surface area contributed by atoms with Crippen molar-refractivity contribution in [1.29, 1.82) is 0 Å². The highest BCUT2D eigenvalue weighted by molar-refractivity contribution is 5.14. The van der Waals surface area contributed by atoms with Gasteiger partial charge in [-0.15, -0.1) is 0 Å². The Morgan fingerprint density at radius 2 is 1.50 bits per heavy atom. The molecule has 0 unspecified atom stereocenters. The number of benzene rings is 1. The third kappa shape index (κ3) is 7.85. The van der Waals surface area contributed by atoms with Crippen LogP contribution < -0.4 is 0 Å². The van der Waals surface area contributed by atoms with Crippen molar-refractivity contribution in [3.05, 3.63) is 35.9 Å². The van der Waals surface area contributed by atoms with Gasteiger partial charge in [0.1, 0.15) is 0 Å². The molecule has 0 heterocycles. The van der Waals surface area contributed by atoms with E-state index in [0.717, 1.165) is 0 Å². The Bertz CT molecular complexity index is 176. The van der Waals surface area contributed by atoms with E-state index in [1.54, 1.807) is 0 Å². The molecule has 0 aliphatic rings. The lowest BCUT2D eigenvalue weighted by Crippen LogP contribution is -1.83. The quantitative estimate of drug-likeness (QED) is 0.586. The maximum Gasteiger partial charge on any atom is -0.0279 e. The second kappa shape index (κ2) is 12.2. The van der Waals surface area contributed by atoms with Crippen molar-refractivity contribution in [1.82, 2.24) is 0 Å². The van der Waals surface area contributed by atoms with Gasteiger partial charge in [-0.05, 0) is 18.4 Å². The Morgan fingerprint density at radius 3 is 2.00 bits per heavy atom. The molecule has 0 heteroatoms. The molecule has 0 radical (unpaired) electrons. The molecule has 0 saturated carbocycles. The van der Waals surface area contributed by atoms with Gasteiger partial charge in [-0.3, -0.25) is 0 Å². The topological polar surface area (TPSA) is 0 Å². The zero-order valence-corrected chi connectivity index (χ0v) is 9.22. The average molecular weight is 194 g/mol. The summed E-state index contributed by atoms with van der Waals surface area (Å²) < 4.78 is 0. The third-order valence-corrected chi connectivity index (χ3v) is 1.91. The van der Waals surface area contributed by atoms with Crippen LogP contribution in [0.25, 0.3) is 0 Å². The van der Waals surface area contributed by atoms with Gasteiger partial charge in [0.2, 0.25) is 0 Å².